The van der Waals surface area contributed by atoms with E-state index in [0.29, 0.717) is 24.4 Å². The molecule has 1 aromatic rings. The van der Waals surface area contributed by atoms with Crippen LogP contribution >= 0.6 is 0 Å². The first-order chi connectivity index (χ1) is 8.06. The monoisotopic (exact) mass is 231 g/mol. The van der Waals surface area contributed by atoms with Gasteiger partial charge in [0.05, 0.1) is 0 Å². The Morgan fingerprint density at radius 1 is 1.35 bits per heavy atom. The minimum Gasteiger partial charge on any atom is -0.402 e. The maximum Gasteiger partial charge on any atom is 0.207 e. The SMILES string of the molecule is CC(=N)/C(=C(/C)N)c1ccc(CNC=O)cc1. The average molecular weight is 231 g/mol. The maximum atomic E-state index is 10.2. The molecule has 0 saturated heterocycles. The van der Waals surface area contributed by atoms with Crippen molar-refractivity contribution in [1.29, 1.82) is 5.41 Å². The molecule has 90 valence electrons. The molecule has 4 heteroatoms. The zero-order valence-electron chi connectivity index (χ0n) is 10.1. The number of amides is 1. The number of carbonyl (C=O) groups excluding carboxylic acids is 1. The third-order valence-corrected chi connectivity index (χ3v) is 2.40. The van der Waals surface area contributed by atoms with Gasteiger partial charge in [-0.15, -0.1) is 0 Å². The van der Waals surface area contributed by atoms with Crippen molar-refractivity contribution in [2.45, 2.75) is 20.4 Å². The third kappa shape index (κ3) is 3.45. The topological polar surface area (TPSA) is 79.0 Å². The smallest absolute Gasteiger partial charge is 0.207 e. The summed E-state index contributed by atoms with van der Waals surface area (Å²) in [4.78, 5) is 10.2. The largest absolute Gasteiger partial charge is 0.402 e. The summed E-state index contributed by atoms with van der Waals surface area (Å²) in [7, 11) is 0. The lowest BCUT2D eigenvalue weighted by Gasteiger charge is -2.09. The Balaban J connectivity index is 2.97. The first-order valence-corrected chi connectivity index (χ1v) is 5.34. The number of carbonyl (C=O) groups is 1. The number of rotatable bonds is 5. The molecule has 0 atom stereocenters. The Morgan fingerprint density at radius 3 is 2.35 bits per heavy atom. The summed E-state index contributed by atoms with van der Waals surface area (Å²) in [6, 6.07) is 7.65. The molecule has 0 aromatic heterocycles. The molecule has 4 nitrogen and oxygen atoms in total. The second-order valence-corrected chi connectivity index (χ2v) is 3.88. The van der Waals surface area contributed by atoms with E-state index < -0.39 is 0 Å². The van der Waals surface area contributed by atoms with Crippen molar-refractivity contribution in [3.8, 4) is 0 Å². The van der Waals surface area contributed by atoms with E-state index in [1.54, 1.807) is 13.8 Å². The molecule has 0 unspecified atom stereocenters. The highest BCUT2D eigenvalue weighted by Crippen LogP contribution is 2.18. The van der Waals surface area contributed by atoms with Crippen LogP contribution in [0, 0.1) is 5.41 Å². The first-order valence-electron chi connectivity index (χ1n) is 5.34. The minimum atomic E-state index is 0.448. The summed E-state index contributed by atoms with van der Waals surface area (Å²) < 4.78 is 0. The second kappa shape index (κ2) is 5.84. The van der Waals surface area contributed by atoms with Crippen LogP contribution in [0.1, 0.15) is 25.0 Å². The van der Waals surface area contributed by atoms with Crippen LogP contribution in [0.15, 0.2) is 30.0 Å². The fraction of sp³-hybridized carbons (Fsp3) is 0.231. The van der Waals surface area contributed by atoms with Gasteiger partial charge in [-0.25, -0.2) is 0 Å². The molecule has 0 aliphatic heterocycles. The fourth-order valence-corrected chi connectivity index (χ4v) is 1.69. The van der Waals surface area contributed by atoms with Gasteiger partial charge in [0.1, 0.15) is 0 Å². The molecule has 1 amide bonds. The van der Waals surface area contributed by atoms with E-state index >= 15 is 0 Å². The van der Waals surface area contributed by atoms with E-state index in [-0.39, 0.29) is 0 Å². The number of hydrogen-bond donors (Lipinski definition) is 3. The van der Waals surface area contributed by atoms with Crippen molar-refractivity contribution in [2.24, 2.45) is 5.73 Å². The molecule has 0 bridgehead atoms. The summed E-state index contributed by atoms with van der Waals surface area (Å²) in [5.74, 6) is 0. The van der Waals surface area contributed by atoms with Gasteiger partial charge in [0.15, 0.2) is 0 Å². The van der Waals surface area contributed by atoms with Gasteiger partial charge >= 0.3 is 0 Å². The summed E-state index contributed by atoms with van der Waals surface area (Å²) in [5, 5.41) is 10.3. The van der Waals surface area contributed by atoms with Gasteiger partial charge in [-0.2, -0.15) is 0 Å². The Hall–Kier alpha value is -2.10. The van der Waals surface area contributed by atoms with Crippen LogP contribution in [-0.4, -0.2) is 12.1 Å². The van der Waals surface area contributed by atoms with Crippen LogP contribution < -0.4 is 11.1 Å². The second-order valence-electron chi connectivity index (χ2n) is 3.88. The van der Waals surface area contributed by atoms with Crippen LogP contribution in [0.3, 0.4) is 0 Å². The van der Waals surface area contributed by atoms with Crippen LogP contribution in [0.4, 0.5) is 0 Å². The van der Waals surface area contributed by atoms with E-state index in [1.165, 1.54) is 0 Å². The van der Waals surface area contributed by atoms with Gasteiger partial charge in [-0.05, 0) is 25.0 Å². The van der Waals surface area contributed by atoms with Crippen molar-refractivity contribution >= 4 is 17.7 Å². The number of benzene rings is 1. The van der Waals surface area contributed by atoms with E-state index in [2.05, 4.69) is 5.32 Å². The normalized spacial score (nSPS) is 11.6. The lowest BCUT2D eigenvalue weighted by molar-refractivity contribution is -0.109. The van der Waals surface area contributed by atoms with Gasteiger partial charge in [-0.3, -0.25) is 4.79 Å². The molecule has 0 heterocycles. The standard InChI is InChI=1S/C13H17N3O/c1-9(14)13(10(2)15)12-5-3-11(4-6-12)7-16-8-17/h3-6,8,14H,7,15H2,1-2H3,(H,16,17)/b13-10+,14-9?. The maximum absolute atomic E-state index is 10.2. The van der Waals surface area contributed by atoms with E-state index in [4.69, 9.17) is 11.1 Å². The zero-order valence-corrected chi connectivity index (χ0v) is 10.1. The van der Waals surface area contributed by atoms with Crippen LogP contribution in [0.25, 0.3) is 5.57 Å². The molecular weight excluding hydrogens is 214 g/mol. The number of allylic oxidation sites excluding steroid dienone is 2. The van der Waals surface area contributed by atoms with Crippen molar-refractivity contribution in [3.05, 3.63) is 41.1 Å². The number of nitrogens with two attached hydrogens (primary N) is 1. The molecule has 0 aliphatic carbocycles. The Morgan fingerprint density at radius 2 is 1.94 bits per heavy atom. The van der Waals surface area contributed by atoms with Crippen molar-refractivity contribution < 1.29 is 4.79 Å². The van der Waals surface area contributed by atoms with Crippen molar-refractivity contribution in [3.63, 3.8) is 0 Å². The highest BCUT2D eigenvalue weighted by molar-refractivity contribution is 6.21. The van der Waals surface area contributed by atoms with Crippen molar-refractivity contribution in [2.75, 3.05) is 0 Å². The molecule has 0 saturated carbocycles. The van der Waals surface area contributed by atoms with Gasteiger partial charge in [0, 0.05) is 23.5 Å². The molecule has 0 radical (unpaired) electrons. The molecule has 1 rings (SSSR count). The number of nitrogens with one attached hydrogen (secondary N) is 2. The summed E-state index contributed by atoms with van der Waals surface area (Å²) >= 11 is 0. The minimum absolute atomic E-state index is 0.448. The van der Waals surface area contributed by atoms with E-state index in [9.17, 15) is 4.79 Å². The van der Waals surface area contributed by atoms with Gasteiger partial charge < -0.3 is 16.5 Å². The van der Waals surface area contributed by atoms with Crippen LogP contribution in [0.5, 0.6) is 0 Å². The molecule has 0 aliphatic rings. The predicted octanol–water partition coefficient (Wildman–Crippen LogP) is 1.66. The van der Waals surface area contributed by atoms with Gasteiger partial charge in [-0.1, -0.05) is 24.3 Å². The molecule has 4 N–H and O–H groups in total. The van der Waals surface area contributed by atoms with E-state index in [0.717, 1.165) is 16.7 Å². The lowest BCUT2D eigenvalue weighted by Crippen LogP contribution is -2.10. The first kappa shape index (κ1) is 13.0. The van der Waals surface area contributed by atoms with Crippen LogP contribution in [-0.2, 0) is 11.3 Å². The fourth-order valence-electron chi connectivity index (χ4n) is 1.69. The molecular formula is C13H17N3O. The predicted molar refractivity (Wildman–Crippen MR) is 69.5 cm³/mol. The lowest BCUT2D eigenvalue weighted by atomic mass is 9.99. The molecule has 0 fully saturated rings. The summed E-state index contributed by atoms with van der Waals surface area (Å²) in [6.07, 6.45) is 0.672. The van der Waals surface area contributed by atoms with E-state index in [1.807, 2.05) is 24.3 Å². The third-order valence-electron chi connectivity index (χ3n) is 2.40. The van der Waals surface area contributed by atoms with Crippen molar-refractivity contribution in [1.82, 2.24) is 5.32 Å². The highest BCUT2D eigenvalue weighted by Gasteiger charge is 2.06. The van der Waals surface area contributed by atoms with Crippen LogP contribution in [0.2, 0.25) is 0 Å². The zero-order chi connectivity index (χ0) is 12.8. The highest BCUT2D eigenvalue weighted by atomic mass is 16.1. The Kier molecular flexibility index (Phi) is 4.46. The van der Waals surface area contributed by atoms with Gasteiger partial charge in [0.2, 0.25) is 6.41 Å². The average Bonchev–Trinajstić information content (AvgIpc) is 2.27. The molecule has 1 aromatic carbocycles. The quantitative estimate of drug-likeness (QED) is 0.532. The summed E-state index contributed by atoms with van der Waals surface area (Å²) in [6.45, 7) is 4.01. The molecule has 0 spiro atoms. The summed E-state index contributed by atoms with van der Waals surface area (Å²) in [5.41, 5.74) is 9.55. The molecule has 17 heavy (non-hydrogen) atoms. The number of hydrogen-bond acceptors (Lipinski definition) is 3. The Labute approximate surface area is 101 Å². The Bertz CT molecular complexity index is 442. The van der Waals surface area contributed by atoms with Gasteiger partial charge in [0.25, 0.3) is 0 Å².